The predicted octanol–water partition coefficient (Wildman–Crippen LogP) is 0.600. The Bertz CT molecular complexity index is 889. The number of piperazine rings is 1. The zero-order chi connectivity index (χ0) is 18.1. The molecule has 136 valence electrons. The maximum atomic E-state index is 12.9. The van der Waals surface area contributed by atoms with Gasteiger partial charge >= 0.3 is 0 Å². The van der Waals surface area contributed by atoms with Crippen LogP contribution in [0.5, 0.6) is 0 Å². The van der Waals surface area contributed by atoms with Crippen molar-refractivity contribution >= 4 is 15.7 Å². The monoisotopic (exact) mass is 372 g/mol. The van der Waals surface area contributed by atoms with Crippen LogP contribution in [-0.2, 0) is 16.4 Å². The second-order valence-corrected chi connectivity index (χ2v) is 8.93. The molecule has 2 aliphatic heterocycles. The van der Waals surface area contributed by atoms with Crippen LogP contribution in [0, 0.1) is 0 Å². The molecule has 7 nitrogen and oxygen atoms in total. The Labute approximate surface area is 152 Å². The van der Waals surface area contributed by atoms with E-state index in [-0.39, 0.29) is 29.5 Å². The molecule has 0 spiro atoms. The Hall–Kier alpha value is -2.32. The van der Waals surface area contributed by atoms with Gasteiger partial charge in [-0.05, 0) is 23.8 Å². The van der Waals surface area contributed by atoms with E-state index in [1.54, 1.807) is 41.8 Å². The molecular weight excluding hydrogens is 352 g/mol. The lowest BCUT2D eigenvalue weighted by Crippen LogP contribution is -2.60. The number of nitrogens with zero attached hydrogens (tertiary/aromatic N) is 4. The Morgan fingerprint density at radius 2 is 1.81 bits per heavy atom. The molecule has 2 aromatic heterocycles. The second-order valence-electron chi connectivity index (χ2n) is 6.78. The molecule has 26 heavy (non-hydrogen) atoms. The molecule has 2 saturated heterocycles. The lowest BCUT2D eigenvalue weighted by Gasteiger charge is -2.44. The maximum absolute atomic E-state index is 12.9. The van der Waals surface area contributed by atoms with Crippen LogP contribution in [0.1, 0.15) is 15.9 Å². The highest BCUT2D eigenvalue weighted by Gasteiger charge is 2.48. The molecular formula is C18H20N4O3S. The standard InChI is InChI=1S/C18H20N4O3S/c23-18(15-3-6-19-7-4-15)22-9-8-21(11-14-2-1-5-20-10-14)16-12-26(24,25)13-17(16)22/h1-7,10,16-17H,8-9,11-13H2/t16-,17+/m1/s1. The molecule has 2 aromatic rings. The number of hydrogen-bond acceptors (Lipinski definition) is 6. The van der Waals surface area contributed by atoms with Gasteiger partial charge in [-0.25, -0.2) is 8.42 Å². The average molecular weight is 372 g/mol. The summed E-state index contributed by atoms with van der Waals surface area (Å²) in [6.07, 6.45) is 6.67. The quantitative estimate of drug-likeness (QED) is 0.785. The van der Waals surface area contributed by atoms with Crippen molar-refractivity contribution in [3.8, 4) is 0 Å². The molecule has 2 fully saturated rings. The molecule has 8 heteroatoms. The minimum atomic E-state index is -3.17. The van der Waals surface area contributed by atoms with Gasteiger partial charge in [0.1, 0.15) is 0 Å². The molecule has 4 rings (SSSR count). The summed E-state index contributed by atoms with van der Waals surface area (Å²) < 4.78 is 24.6. The second kappa shape index (κ2) is 6.77. The van der Waals surface area contributed by atoms with Gasteiger partial charge in [0, 0.05) is 56.0 Å². The third-order valence-corrected chi connectivity index (χ3v) is 6.79. The first-order chi connectivity index (χ1) is 12.5. The molecule has 4 heterocycles. The van der Waals surface area contributed by atoms with E-state index in [0.29, 0.717) is 25.2 Å². The Balaban J connectivity index is 1.59. The van der Waals surface area contributed by atoms with Gasteiger partial charge in [0.2, 0.25) is 0 Å². The van der Waals surface area contributed by atoms with Crippen LogP contribution in [0.4, 0.5) is 0 Å². The molecule has 0 radical (unpaired) electrons. The molecule has 0 N–H and O–H groups in total. The number of aromatic nitrogens is 2. The van der Waals surface area contributed by atoms with Gasteiger partial charge in [0.15, 0.2) is 9.84 Å². The number of rotatable bonds is 3. The Morgan fingerprint density at radius 3 is 2.54 bits per heavy atom. The molecule has 0 unspecified atom stereocenters. The van der Waals surface area contributed by atoms with E-state index in [1.807, 2.05) is 12.1 Å². The van der Waals surface area contributed by atoms with Crippen molar-refractivity contribution in [2.75, 3.05) is 24.6 Å². The van der Waals surface area contributed by atoms with Gasteiger partial charge in [0.25, 0.3) is 5.91 Å². The van der Waals surface area contributed by atoms with Crippen molar-refractivity contribution in [3.05, 3.63) is 60.2 Å². The number of sulfone groups is 1. The van der Waals surface area contributed by atoms with Crippen molar-refractivity contribution in [1.29, 1.82) is 0 Å². The number of carbonyl (C=O) groups is 1. The Kier molecular flexibility index (Phi) is 4.46. The minimum absolute atomic E-state index is 0.0258. The van der Waals surface area contributed by atoms with E-state index < -0.39 is 9.84 Å². The van der Waals surface area contributed by atoms with Crippen molar-refractivity contribution < 1.29 is 13.2 Å². The fourth-order valence-electron chi connectivity index (χ4n) is 3.86. The summed E-state index contributed by atoms with van der Waals surface area (Å²) in [4.78, 5) is 24.9. The van der Waals surface area contributed by atoms with Crippen molar-refractivity contribution in [1.82, 2.24) is 19.8 Å². The first-order valence-corrected chi connectivity index (χ1v) is 10.4. The lowest BCUT2D eigenvalue weighted by molar-refractivity contribution is 0.0306. The highest BCUT2D eigenvalue weighted by Crippen LogP contribution is 2.29. The molecule has 0 saturated carbocycles. The van der Waals surface area contributed by atoms with Crippen LogP contribution in [-0.4, -0.2) is 70.8 Å². The van der Waals surface area contributed by atoms with E-state index in [4.69, 9.17) is 0 Å². The SMILES string of the molecule is O=C(c1ccncc1)N1CCN(Cc2cccnc2)[C@@H]2CS(=O)(=O)C[C@@H]21. The average Bonchev–Trinajstić information content (AvgIpc) is 2.98. The fourth-order valence-corrected chi connectivity index (χ4v) is 5.87. The smallest absolute Gasteiger partial charge is 0.254 e. The van der Waals surface area contributed by atoms with Gasteiger partial charge in [-0.15, -0.1) is 0 Å². The molecule has 0 aromatic carbocycles. The summed E-state index contributed by atoms with van der Waals surface area (Å²) in [7, 11) is -3.17. The molecule has 1 amide bonds. The summed E-state index contributed by atoms with van der Waals surface area (Å²) in [5.41, 5.74) is 1.59. The van der Waals surface area contributed by atoms with E-state index in [1.165, 1.54) is 0 Å². The van der Waals surface area contributed by atoms with Crippen molar-refractivity contribution in [2.45, 2.75) is 18.6 Å². The summed E-state index contributed by atoms with van der Waals surface area (Å²) >= 11 is 0. The maximum Gasteiger partial charge on any atom is 0.254 e. The number of hydrogen-bond donors (Lipinski definition) is 0. The number of amides is 1. The normalized spacial score (nSPS) is 25.0. The topological polar surface area (TPSA) is 83.5 Å². The Morgan fingerprint density at radius 1 is 1.04 bits per heavy atom. The largest absolute Gasteiger partial charge is 0.332 e. The number of pyridine rings is 2. The van der Waals surface area contributed by atoms with Crippen LogP contribution in [0.15, 0.2) is 49.1 Å². The number of fused-ring (bicyclic) bond motifs is 1. The third-order valence-electron chi connectivity index (χ3n) is 5.09. The predicted molar refractivity (Wildman–Crippen MR) is 96.2 cm³/mol. The van der Waals surface area contributed by atoms with E-state index >= 15 is 0 Å². The van der Waals surface area contributed by atoms with Crippen LogP contribution >= 0.6 is 0 Å². The zero-order valence-electron chi connectivity index (χ0n) is 14.2. The first-order valence-electron chi connectivity index (χ1n) is 8.58. The lowest BCUT2D eigenvalue weighted by atomic mass is 10.0. The molecule has 0 bridgehead atoms. The van der Waals surface area contributed by atoms with Crippen LogP contribution in [0.2, 0.25) is 0 Å². The van der Waals surface area contributed by atoms with Gasteiger partial charge in [-0.1, -0.05) is 6.07 Å². The van der Waals surface area contributed by atoms with E-state index in [2.05, 4.69) is 14.9 Å². The molecule has 2 aliphatic rings. The highest BCUT2D eigenvalue weighted by molar-refractivity contribution is 7.91. The highest BCUT2D eigenvalue weighted by atomic mass is 32.2. The fraction of sp³-hybridized carbons (Fsp3) is 0.389. The van der Waals surface area contributed by atoms with Crippen molar-refractivity contribution in [3.63, 3.8) is 0 Å². The van der Waals surface area contributed by atoms with Gasteiger partial charge in [-0.2, -0.15) is 0 Å². The summed E-state index contributed by atoms with van der Waals surface area (Å²) in [5, 5.41) is 0. The minimum Gasteiger partial charge on any atom is -0.332 e. The van der Waals surface area contributed by atoms with Crippen LogP contribution in [0.3, 0.4) is 0 Å². The van der Waals surface area contributed by atoms with E-state index in [9.17, 15) is 13.2 Å². The summed E-state index contributed by atoms with van der Waals surface area (Å²) in [6, 6.07) is 6.71. The van der Waals surface area contributed by atoms with Crippen LogP contribution in [0.25, 0.3) is 0 Å². The van der Waals surface area contributed by atoms with Crippen LogP contribution < -0.4 is 0 Å². The summed E-state index contributed by atoms with van der Waals surface area (Å²) in [5.74, 6) is -0.00340. The van der Waals surface area contributed by atoms with Gasteiger partial charge < -0.3 is 4.90 Å². The summed E-state index contributed by atoms with van der Waals surface area (Å²) in [6.45, 7) is 1.79. The zero-order valence-corrected chi connectivity index (χ0v) is 15.0. The van der Waals surface area contributed by atoms with Gasteiger partial charge in [0.05, 0.1) is 17.5 Å². The van der Waals surface area contributed by atoms with Gasteiger partial charge in [-0.3, -0.25) is 19.7 Å². The molecule has 2 atom stereocenters. The molecule has 0 aliphatic carbocycles. The first kappa shape index (κ1) is 17.1. The third kappa shape index (κ3) is 3.34. The number of carbonyl (C=O) groups excluding carboxylic acids is 1. The van der Waals surface area contributed by atoms with E-state index in [0.717, 1.165) is 5.56 Å². The van der Waals surface area contributed by atoms with Crippen molar-refractivity contribution in [2.24, 2.45) is 0 Å².